The van der Waals surface area contributed by atoms with E-state index in [9.17, 15) is 19.1 Å². The summed E-state index contributed by atoms with van der Waals surface area (Å²) in [6.07, 6.45) is 0.625. The molecule has 0 unspecified atom stereocenters. The Balaban J connectivity index is 1.69. The molecule has 1 aliphatic rings. The lowest BCUT2D eigenvalue weighted by Gasteiger charge is -2.22. The van der Waals surface area contributed by atoms with Crippen molar-refractivity contribution in [2.75, 3.05) is 26.2 Å². The van der Waals surface area contributed by atoms with E-state index in [0.29, 0.717) is 38.2 Å². The van der Waals surface area contributed by atoms with E-state index in [1.807, 2.05) is 0 Å². The molecule has 6 heteroatoms. The van der Waals surface area contributed by atoms with E-state index in [4.69, 9.17) is 0 Å². The average Bonchev–Trinajstić information content (AvgIpc) is 2.87. The Morgan fingerprint density at radius 3 is 2.24 bits per heavy atom. The fraction of sp³-hybridized carbons (Fsp3) is 0.263. The van der Waals surface area contributed by atoms with Gasteiger partial charge in [0.05, 0.1) is 5.56 Å². The fourth-order valence-electron chi connectivity index (χ4n) is 2.95. The zero-order chi connectivity index (χ0) is 17.8. The van der Waals surface area contributed by atoms with Crippen LogP contribution in [0.2, 0.25) is 0 Å². The van der Waals surface area contributed by atoms with Gasteiger partial charge in [0.2, 0.25) is 0 Å². The van der Waals surface area contributed by atoms with Crippen LogP contribution in [0.25, 0.3) is 0 Å². The van der Waals surface area contributed by atoms with Crippen molar-refractivity contribution in [3.63, 3.8) is 0 Å². The molecule has 0 radical (unpaired) electrons. The number of carbonyl (C=O) groups excluding carboxylic acids is 2. The number of carbonyl (C=O) groups is 2. The lowest BCUT2D eigenvalue weighted by atomic mass is 10.1. The molecule has 5 nitrogen and oxygen atoms in total. The Kier molecular flexibility index (Phi) is 4.97. The average molecular weight is 342 g/mol. The first-order chi connectivity index (χ1) is 12.1. The number of rotatable bonds is 2. The van der Waals surface area contributed by atoms with Gasteiger partial charge in [-0.05, 0) is 36.8 Å². The Morgan fingerprint density at radius 2 is 1.56 bits per heavy atom. The van der Waals surface area contributed by atoms with E-state index in [1.165, 1.54) is 24.3 Å². The molecule has 2 amide bonds. The third kappa shape index (κ3) is 3.79. The minimum Gasteiger partial charge on any atom is -0.507 e. The normalized spacial score (nSPS) is 14.9. The van der Waals surface area contributed by atoms with Crippen molar-refractivity contribution in [2.45, 2.75) is 6.42 Å². The van der Waals surface area contributed by atoms with E-state index in [-0.39, 0.29) is 23.1 Å². The molecule has 1 aliphatic heterocycles. The molecule has 2 aromatic rings. The van der Waals surface area contributed by atoms with Crippen LogP contribution in [-0.4, -0.2) is 52.9 Å². The molecule has 0 bridgehead atoms. The van der Waals surface area contributed by atoms with Gasteiger partial charge in [0.1, 0.15) is 11.6 Å². The molecule has 0 atom stereocenters. The highest BCUT2D eigenvalue weighted by Gasteiger charge is 2.24. The van der Waals surface area contributed by atoms with Crippen LogP contribution >= 0.6 is 0 Å². The number of hydrogen-bond acceptors (Lipinski definition) is 3. The van der Waals surface area contributed by atoms with Gasteiger partial charge in [0.25, 0.3) is 11.8 Å². The SMILES string of the molecule is O=C(c1cccc(F)c1)N1CCCN(C(=O)c2ccccc2O)CC1. The predicted octanol–water partition coefficient (Wildman–Crippen LogP) is 2.52. The third-order valence-corrected chi connectivity index (χ3v) is 4.28. The standard InChI is InChI=1S/C19H19FN2O3/c20-15-6-3-5-14(13-15)18(24)21-9-4-10-22(12-11-21)19(25)16-7-1-2-8-17(16)23/h1-3,5-8,13,23H,4,9-12H2. The van der Waals surface area contributed by atoms with Gasteiger partial charge in [-0.1, -0.05) is 18.2 Å². The molecular formula is C19H19FN2O3. The largest absolute Gasteiger partial charge is 0.507 e. The maximum Gasteiger partial charge on any atom is 0.257 e. The summed E-state index contributed by atoms with van der Waals surface area (Å²) in [5.74, 6) is -0.990. The molecule has 0 spiro atoms. The van der Waals surface area contributed by atoms with Gasteiger partial charge in [-0.15, -0.1) is 0 Å². The maximum absolute atomic E-state index is 13.3. The highest BCUT2D eigenvalue weighted by atomic mass is 19.1. The second-order valence-corrected chi connectivity index (χ2v) is 5.97. The highest BCUT2D eigenvalue weighted by Crippen LogP contribution is 2.19. The second kappa shape index (κ2) is 7.34. The lowest BCUT2D eigenvalue weighted by Crippen LogP contribution is -2.37. The van der Waals surface area contributed by atoms with E-state index in [1.54, 1.807) is 34.1 Å². The number of amides is 2. The molecule has 1 heterocycles. The monoisotopic (exact) mass is 342 g/mol. The molecule has 130 valence electrons. The zero-order valence-corrected chi connectivity index (χ0v) is 13.7. The first kappa shape index (κ1) is 17.0. The van der Waals surface area contributed by atoms with Gasteiger partial charge in [0, 0.05) is 31.7 Å². The Bertz CT molecular complexity index is 794. The molecule has 25 heavy (non-hydrogen) atoms. The quantitative estimate of drug-likeness (QED) is 0.912. The number of halogens is 1. The lowest BCUT2D eigenvalue weighted by molar-refractivity contribution is 0.0717. The van der Waals surface area contributed by atoms with Gasteiger partial charge in [-0.3, -0.25) is 9.59 Å². The molecule has 3 rings (SSSR count). The predicted molar refractivity (Wildman–Crippen MR) is 90.9 cm³/mol. The number of phenols is 1. The van der Waals surface area contributed by atoms with Crippen LogP contribution in [-0.2, 0) is 0 Å². The molecule has 2 aromatic carbocycles. The van der Waals surface area contributed by atoms with Crippen LogP contribution < -0.4 is 0 Å². The number of nitrogens with zero attached hydrogens (tertiary/aromatic N) is 2. The van der Waals surface area contributed by atoms with E-state index in [0.717, 1.165) is 0 Å². The summed E-state index contributed by atoms with van der Waals surface area (Å²) in [5, 5.41) is 9.85. The Morgan fingerprint density at radius 1 is 0.880 bits per heavy atom. The van der Waals surface area contributed by atoms with Crippen LogP contribution in [0.4, 0.5) is 4.39 Å². The van der Waals surface area contributed by atoms with Crippen LogP contribution in [0, 0.1) is 5.82 Å². The van der Waals surface area contributed by atoms with Crippen molar-refractivity contribution in [1.82, 2.24) is 9.80 Å². The minimum absolute atomic E-state index is 0.0514. The number of benzene rings is 2. The highest BCUT2D eigenvalue weighted by molar-refractivity contribution is 5.97. The Labute approximate surface area is 145 Å². The van der Waals surface area contributed by atoms with Crippen molar-refractivity contribution in [2.24, 2.45) is 0 Å². The summed E-state index contributed by atoms with van der Waals surface area (Å²) in [6.45, 7) is 1.74. The van der Waals surface area contributed by atoms with Gasteiger partial charge >= 0.3 is 0 Å². The third-order valence-electron chi connectivity index (χ3n) is 4.28. The van der Waals surface area contributed by atoms with Crippen LogP contribution in [0.3, 0.4) is 0 Å². The minimum atomic E-state index is -0.447. The molecular weight excluding hydrogens is 323 g/mol. The summed E-state index contributed by atoms with van der Waals surface area (Å²) >= 11 is 0. The fourth-order valence-corrected chi connectivity index (χ4v) is 2.95. The summed E-state index contributed by atoms with van der Waals surface area (Å²) in [6, 6.07) is 12.0. The van der Waals surface area contributed by atoms with Crippen LogP contribution in [0.15, 0.2) is 48.5 Å². The molecule has 1 N–H and O–H groups in total. The summed E-state index contributed by atoms with van der Waals surface area (Å²) in [5.41, 5.74) is 0.563. The van der Waals surface area contributed by atoms with Crippen molar-refractivity contribution in [1.29, 1.82) is 0 Å². The van der Waals surface area contributed by atoms with Crippen molar-refractivity contribution in [3.8, 4) is 5.75 Å². The van der Waals surface area contributed by atoms with Crippen molar-refractivity contribution < 1.29 is 19.1 Å². The van der Waals surface area contributed by atoms with Gasteiger partial charge in [0.15, 0.2) is 0 Å². The number of phenolic OH excluding ortho intramolecular Hbond substituents is 1. The maximum atomic E-state index is 13.3. The second-order valence-electron chi connectivity index (χ2n) is 5.97. The van der Waals surface area contributed by atoms with E-state index >= 15 is 0 Å². The van der Waals surface area contributed by atoms with Gasteiger partial charge < -0.3 is 14.9 Å². The molecule has 1 fully saturated rings. The van der Waals surface area contributed by atoms with Crippen molar-refractivity contribution >= 4 is 11.8 Å². The smallest absolute Gasteiger partial charge is 0.257 e. The molecule has 0 aromatic heterocycles. The summed E-state index contributed by atoms with van der Waals surface area (Å²) in [7, 11) is 0. The summed E-state index contributed by atoms with van der Waals surface area (Å²) in [4.78, 5) is 28.4. The topological polar surface area (TPSA) is 60.9 Å². The number of para-hydroxylation sites is 1. The summed E-state index contributed by atoms with van der Waals surface area (Å²) < 4.78 is 13.3. The van der Waals surface area contributed by atoms with Crippen LogP contribution in [0.1, 0.15) is 27.1 Å². The molecule has 0 aliphatic carbocycles. The molecule has 0 saturated carbocycles. The van der Waals surface area contributed by atoms with Crippen molar-refractivity contribution in [3.05, 3.63) is 65.5 Å². The first-order valence-corrected chi connectivity index (χ1v) is 8.18. The van der Waals surface area contributed by atoms with E-state index < -0.39 is 5.82 Å². The van der Waals surface area contributed by atoms with Crippen LogP contribution in [0.5, 0.6) is 5.75 Å². The number of hydrogen-bond donors (Lipinski definition) is 1. The van der Waals surface area contributed by atoms with Gasteiger partial charge in [-0.25, -0.2) is 4.39 Å². The van der Waals surface area contributed by atoms with Gasteiger partial charge in [-0.2, -0.15) is 0 Å². The zero-order valence-electron chi connectivity index (χ0n) is 13.7. The number of aromatic hydroxyl groups is 1. The molecule has 1 saturated heterocycles. The van der Waals surface area contributed by atoms with E-state index in [2.05, 4.69) is 0 Å². The first-order valence-electron chi connectivity index (χ1n) is 8.18. The Hall–Kier alpha value is -2.89.